The van der Waals surface area contributed by atoms with Gasteiger partial charge in [-0.3, -0.25) is 4.79 Å². The van der Waals surface area contributed by atoms with Crippen LogP contribution in [0.15, 0.2) is 24.3 Å². The van der Waals surface area contributed by atoms with E-state index in [2.05, 4.69) is 0 Å². The van der Waals surface area contributed by atoms with Gasteiger partial charge in [-0.25, -0.2) is 0 Å². The van der Waals surface area contributed by atoms with Crippen LogP contribution in [0.1, 0.15) is 39.0 Å². The van der Waals surface area contributed by atoms with E-state index in [0.29, 0.717) is 12.5 Å². The van der Waals surface area contributed by atoms with Crippen LogP contribution in [0, 0.1) is 0 Å². The van der Waals surface area contributed by atoms with Gasteiger partial charge in [0.05, 0.1) is 0 Å². The zero-order chi connectivity index (χ0) is 12.3. The molecule has 3 heteroatoms. The summed E-state index contributed by atoms with van der Waals surface area (Å²) in [5.74, 6) is 0.409. The molecule has 2 rings (SSSR count). The Morgan fingerprint density at radius 2 is 1.88 bits per heavy atom. The highest BCUT2D eigenvalue weighted by atomic mass is 16.3. The van der Waals surface area contributed by atoms with E-state index < -0.39 is 0 Å². The molecule has 0 bridgehead atoms. The fourth-order valence-electron chi connectivity index (χ4n) is 2.50. The minimum atomic E-state index is 0.169. The number of amides is 1. The average Bonchev–Trinajstić information content (AvgIpc) is 2.85. The van der Waals surface area contributed by atoms with Crippen molar-refractivity contribution < 1.29 is 9.90 Å². The predicted octanol–water partition coefficient (Wildman–Crippen LogP) is 3.08. The van der Waals surface area contributed by atoms with Crippen molar-refractivity contribution in [3.63, 3.8) is 0 Å². The molecule has 3 nitrogen and oxygen atoms in total. The first-order valence-corrected chi connectivity index (χ1v) is 6.33. The second-order valence-corrected chi connectivity index (χ2v) is 4.57. The molecule has 1 fully saturated rings. The van der Waals surface area contributed by atoms with E-state index in [1.165, 1.54) is 12.8 Å². The number of benzene rings is 1. The van der Waals surface area contributed by atoms with Crippen LogP contribution < -0.4 is 4.90 Å². The third-order valence-electron chi connectivity index (χ3n) is 3.39. The smallest absolute Gasteiger partial charge is 0.226 e. The predicted molar refractivity (Wildman–Crippen MR) is 68.1 cm³/mol. The van der Waals surface area contributed by atoms with Gasteiger partial charge < -0.3 is 10.0 Å². The lowest BCUT2D eigenvalue weighted by Crippen LogP contribution is -2.38. The van der Waals surface area contributed by atoms with Crippen LogP contribution in [0.3, 0.4) is 0 Å². The fourth-order valence-corrected chi connectivity index (χ4v) is 2.50. The number of carbonyl (C=O) groups excluding carboxylic acids is 1. The number of phenolic OH excluding ortho intramolecular Hbond substituents is 1. The van der Waals surface area contributed by atoms with E-state index in [0.717, 1.165) is 18.5 Å². The first-order valence-electron chi connectivity index (χ1n) is 6.33. The van der Waals surface area contributed by atoms with Crippen molar-refractivity contribution in [1.29, 1.82) is 0 Å². The van der Waals surface area contributed by atoms with E-state index in [1.807, 2.05) is 24.0 Å². The molecule has 0 aromatic heterocycles. The normalized spacial score (nSPS) is 16.1. The van der Waals surface area contributed by atoms with Gasteiger partial charge in [-0.2, -0.15) is 0 Å². The zero-order valence-corrected chi connectivity index (χ0v) is 10.2. The number of rotatable bonds is 3. The van der Waals surface area contributed by atoms with Gasteiger partial charge in [0.15, 0.2) is 0 Å². The minimum absolute atomic E-state index is 0.169. The Hall–Kier alpha value is -1.51. The molecule has 0 saturated heterocycles. The Bertz CT molecular complexity index is 380. The van der Waals surface area contributed by atoms with Gasteiger partial charge in [-0.05, 0) is 37.1 Å². The zero-order valence-electron chi connectivity index (χ0n) is 10.2. The molecule has 0 radical (unpaired) electrons. The molecule has 1 aliphatic carbocycles. The molecular weight excluding hydrogens is 214 g/mol. The highest BCUT2D eigenvalue weighted by Crippen LogP contribution is 2.29. The Morgan fingerprint density at radius 3 is 2.41 bits per heavy atom. The summed E-state index contributed by atoms with van der Waals surface area (Å²) in [6, 6.07) is 7.26. The van der Waals surface area contributed by atoms with E-state index in [1.54, 1.807) is 12.1 Å². The lowest BCUT2D eigenvalue weighted by Gasteiger charge is -2.29. The molecule has 0 unspecified atom stereocenters. The Morgan fingerprint density at radius 1 is 1.29 bits per heavy atom. The molecule has 1 aromatic carbocycles. The molecule has 1 aromatic rings. The molecule has 1 amide bonds. The summed E-state index contributed by atoms with van der Waals surface area (Å²) >= 11 is 0. The lowest BCUT2D eigenvalue weighted by molar-refractivity contribution is -0.118. The third-order valence-corrected chi connectivity index (χ3v) is 3.39. The van der Waals surface area contributed by atoms with Crippen LogP contribution in [0.2, 0.25) is 0 Å². The highest BCUT2D eigenvalue weighted by Gasteiger charge is 2.26. The van der Waals surface area contributed by atoms with Crippen molar-refractivity contribution in [2.45, 2.75) is 45.1 Å². The topological polar surface area (TPSA) is 40.5 Å². The number of phenols is 1. The number of anilines is 1. The average molecular weight is 233 g/mol. The third kappa shape index (κ3) is 2.60. The van der Waals surface area contributed by atoms with Crippen molar-refractivity contribution >= 4 is 11.6 Å². The molecule has 1 saturated carbocycles. The maximum Gasteiger partial charge on any atom is 0.226 e. The Labute approximate surface area is 102 Å². The van der Waals surface area contributed by atoms with Gasteiger partial charge in [0.2, 0.25) is 5.91 Å². The van der Waals surface area contributed by atoms with Crippen molar-refractivity contribution in [3.05, 3.63) is 24.3 Å². The van der Waals surface area contributed by atoms with Gasteiger partial charge in [0.25, 0.3) is 0 Å². The van der Waals surface area contributed by atoms with E-state index in [4.69, 9.17) is 0 Å². The highest BCUT2D eigenvalue weighted by molar-refractivity contribution is 5.93. The van der Waals surface area contributed by atoms with Crippen molar-refractivity contribution in [2.24, 2.45) is 0 Å². The summed E-state index contributed by atoms with van der Waals surface area (Å²) < 4.78 is 0. The molecule has 17 heavy (non-hydrogen) atoms. The number of carbonyl (C=O) groups is 1. The van der Waals surface area contributed by atoms with Crippen LogP contribution in [-0.4, -0.2) is 17.1 Å². The van der Waals surface area contributed by atoms with E-state index in [-0.39, 0.29) is 11.7 Å². The summed E-state index contributed by atoms with van der Waals surface area (Å²) in [5.41, 5.74) is 0.904. The van der Waals surface area contributed by atoms with Crippen molar-refractivity contribution in [3.8, 4) is 5.75 Å². The van der Waals surface area contributed by atoms with Crippen LogP contribution in [0.4, 0.5) is 5.69 Å². The maximum absolute atomic E-state index is 12.0. The quantitative estimate of drug-likeness (QED) is 0.871. The van der Waals surface area contributed by atoms with Crippen LogP contribution in [0.25, 0.3) is 0 Å². The lowest BCUT2D eigenvalue weighted by atomic mass is 10.1. The van der Waals surface area contributed by atoms with Crippen LogP contribution in [0.5, 0.6) is 5.75 Å². The van der Waals surface area contributed by atoms with Gasteiger partial charge in [0.1, 0.15) is 5.75 Å². The molecule has 0 aliphatic heterocycles. The number of hydrogen-bond acceptors (Lipinski definition) is 2. The first kappa shape index (κ1) is 12.0. The minimum Gasteiger partial charge on any atom is -0.508 e. The molecular formula is C14H19NO2. The largest absolute Gasteiger partial charge is 0.508 e. The summed E-state index contributed by atoms with van der Waals surface area (Å²) in [7, 11) is 0. The van der Waals surface area contributed by atoms with Gasteiger partial charge >= 0.3 is 0 Å². The summed E-state index contributed by atoms with van der Waals surface area (Å²) in [5, 5.41) is 9.30. The van der Waals surface area contributed by atoms with Gasteiger partial charge in [0, 0.05) is 18.2 Å². The second-order valence-electron chi connectivity index (χ2n) is 4.57. The van der Waals surface area contributed by atoms with Crippen LogP contribution >= 0.6 is 0 Å². The molecule has 0 heterocycles. The molecule has 92 valence electrons. The van der Waals surface area contributed by atoms with Crippen molar-refractivity contribution in [1.82, 2.24) is 0 Å². The summed E-state index contributed by atoms with van der Waals surface area (Å²) in [6.45, 7) is 1.89. The summed E-state index contributed by atoms with van der Waals surface area (Å²) in [4.78, 5) is 14.0. The first-order chi connectivity index (χ1) is 8.22. The monoisotopic (exact) mass is 233 g/mol. The number of nitrogens with zero attached hydrogens (tertiary/aromatic N) is 1. The van der Waals surface area contributed by atoms with E-state index >= 15 is 0 Å². The Balaban J connectivity index is 2.25. The van der Waals surface area contributed by atoms with E-state index in [9.17, 15) is 9.90 Å². The molecule has 1 aliphatic rings. The van der Waals surface area contributed by atoms with Gasteiger partial charge in [-0.15, -0.1) is 0 Å². The Kier molecular flexibility index (Phi) is 3.67. The standard InChI is InChI=1S/C14H19NO2/c1-2-14(17)15(11-5-3-4-6-11)12-7-9-13(16)10-8-12/h7-11,16H,2-6H2,1H3. The maximum atomic E-state index is 12.0. The van der Waals surface area contributed by atoms with Gasteiger partial charge in [-0.1, -0.05) is 19.8 Å². The molecule has 1 N–H and O–H groups in total. The SMILES string of the molecule is CCC(=O)N(c1ccc(O)cc1)C1CCCC1. The number of hydrogen-bond donors (Lipinski definition) is 1. The van der Waals surface area contributed by atoms with Crippen LogP contribution in [-0.2, 0) is 4.79 Å². The van der Waals surface area contributed by atoms with Crippen molar-refractivity contribution in [2.75, 3.05) is 4.90 Å². The number of aromatic hydroxyl groups is 1. The molecule has 0 atom stereocenters. The summed E-state index contributed by atoms with van der Waals surface area (Å²) in [6.07, 6.45) is 5.11. The molecule has 0 spiro atoms. The second kappa shape index (κ2) is 5.21. The fraction of sp³-hybridized carbons (Fsp3) is 0.500.